The van der Waals surface area contributed by atoms with E-state index in [2.05, 4.69) is 4.90 Å². The van der Waals surface area contributed by atoms with Gasteiger partial charge in [0, 0.05) is 58.2 Å². The van der Waals surface area contributed by atoms with Gasteiger partial charge in [-0.15, -0.1) is 0 Å². The highest BCUT2D eigenvalue weighted by molar-refractivity contribution is 5.79. The summed E-state index contributed by atoms with van der Waals surface area (Å²) in [4.78, 5) is 28.9. The highest BCUT2D eigenvalue weighted by Crippen LogP contribution is 2.36. The third-order valence-corrected chi connectivity index (χ3v) is 7.17. The predicted molar refractivity (Wildman–Crippen MR) is 114 cm³/mol. The van der Waals surface area contributed by atoms with E-state index in [4.69, 9.17) is 9.47 Å². The van der Waals surface area contributed by atoms with Gasteiger partial charge in [0.05, 0.1) is 6.61 Å². The van der Waals surface area contributed by atoms with Crippen LogP contribution in [0.15, 0.2) is 30.3 Å². The summed E-state index contributed by atoms with van der Waals surface area (Å²) >= 11 is 0. The number of hydrogen-bond donors (Lipinski definition) is 0. The fourth-order valence-corrected chi connectivity index (χ4v) is 5.33. The van der Waals surface area contributed by atoms with Crippen LogP contribution >= 0.6 is 0 Å². The largest absolute Gasteiger partial charge is 0.493 e. The van der Waals surface area contributed by atoms with Crippen molar-refractivity contribution in [3.05, 3.63) is 30.3 Å². The lowest BCUT2D eigenvalue weighted by atomic mass is 9.78. The second kappa shape index (κ2) is 9.82. The molecular formula is C24H34N2O4. The van der Waals surface area contributed by atoms with Gasteiger partial charge in [-0.1, -0.05) is 18.2 Å². The fourth-order valence-electron chi connectivity index (χ4n) is 5.33. The van der Waals surface area contributed by atoms with Crippen LogP contribution in [0.4, 0.5) is 0 Å². The first-order valence-electron chi connectivity index (χ1n) is 11.4. The molecular weight excluding hydrogens is 380 g/mol. The summed E-state index contributed by atoms with van der Waals surface area (Å²) in [5.74, 6) is 2.82. The molecule has 0 saturated carbocycles. The average Bonchev–Trinajstić information content (AvgIpc) is 3.23. The molecule has 0 N–H and O–H groups in total. The number of ether oxygens (including phenoxy) is 2. The molecule has 164 valence electrons. The summed E-state index contributed by atoms with van der Waals surface area (Å²) in [5.41, 5.74) is 0. The smallest absolute Gasteiger partial charge is 0.225 e. The van der Waals surface area contributed by atoms with Crippen molar-refractivity contribution < 1.29 is 19.1 Å². The van der Waals surface area contributed by atoms with Gasteiger partial charge in [0.15, 0.2) is 0 Å². The molecule has 0 aliphatic carbocycles. The van der Waals surface area contributed by atoms with Crippen LogP contribution in [0, 0.1) is 23.7 Å². The van der Waals surface area contributed by atoms with Crippen molar-refractivity contribution in [2.24, 2.45) is 23.7 Å². The molecule has 6 heteroatoms. The SMILES string of the molecule is CC(=O)N1CC(COc2ccccc2)C(C2CCN(C(=O)C3CCOCC3)CC2)C1. The normalized spacial score (nSPS) is 26.0. The molecule has 3 aliphatic heterocycles. The van der Waals surface area contributed by atoms with E-state index in [0.717, 1.165) is 57.6 Å². The zero-order valence-corrected chi connectivity index (χ0v) is 18.0. The van der Waals surface area contributed by atoms with Crippen molar-refractivity contribution in [2.75, 3.05) is 46.0 Å². The van der Waals surface area contributed by atoms with Crippen LogP contribution in [-0.2, 0) is 14.3 Å². The Balaban J connectivity index is 1.33. The van der Waals surface area contributed by atoms with Gasteiger partial charge in [0.25, 0.3) is 0 Å². The van der Waals surface area contributed by atoms with Gasteiger partial charge < -0.3 is 19.3 Å². The van der Waals surface area contributed by atoms with Crippen molar-refractivity contribution in [2.45, 2.75) is 32.6 Å². The van der Waals surface area contributed by atoms with E-state index in [1.807, 2.05) is 35.2 Å². The van der Waals surface area contributed by atoms with Gasteiger partial charge >= 0.3 is 0 Å². The Labute approximate surface area is 179 Å². The summed E-state index contributed by atoms with van der Waals surface area (Å²) in [6.07, 6.45) is 3.75. The van der Waals surface area contributed by atoms with E-state index >= 15 is 0 Å². The first-order chi connectivity index (χ1) is 14.6. The van der Waals surface area contributed by atoms with Crippen LogP contribution < -0.4 is 4.74 Å². The molecule has 3 aliphatic rings. The Hall–Kier alpha value is -2.08. The Morgan fingerprint density at radius 1 is 1.00 bits per heavy atom. The quantitative estimate of drug-likeness (QED) is 0.743. The van der Waals surface area contributed by atoms with E-state index in [-0.39, 0.29) is 11.8 Å². The van der Waals surface area contributed by atoms with Crippen LogP contribution in [0.3, 0.4) is 0 Å². The van der Waals surface area contributed by atoms with Gasteiger partial charge in [-0.25, -0.2) is 0 Å². The maximum absolute atomic E-state index is 12.8. The number of benzene rings is 1. The zero-order chi connectivity index (χ0) is 20.9. The molecule has 3 fully saturated rings. The second-order valence-electron chi connectivity index (χ2n) is 9.02. The van der Waals surface area contributed by atoms with Crippen molar-refractivity contribution in [1.29, 1.82) is 0 Å². The lowest BCUT2D eigenvalue weighted by Crippen LogP contribution is -2.45. The minimum Gasteiger partial charge on any atom is -0.493 e. The van der Waals surface area contributed by atoms with E-state index < -0.39 is 0 Å². The average molecular weight is 415 g/mol. The number of para-hydroxylation sites is 1. The molecule has 1 aromatic rings. The number of carbonyl (C=O) groups excluding carboxylic acids is 2. The monoisotopic (exact) mass is 414 g/mol. The fraction of sp³-hybridized carbons (Fsp3) is 0.667. The van der Waals surface area contributed by atoms with Gasteiger partial charge in [-0.05, 0) is 49.7 Å². The molecule has 6 nitrogen and oxygen atoms in total. The maximum Gasteiger partial charge on any atom is 0.225 e. The molecule has 2 atom stereocenters. The summed E-state index contributed by atoms with van der Waals surface area (Å²) in [6, 6.07) is 9.90. The number of piperidine rings is 1. The first-order valence-corrected chi connectivity index (χ1v) is 11.4. The van der Waals surface area contributed by atoms with E-state index in [9.17, 15) is 9.59 Å². The predicted octanol–water partition coefficient (Wildman–Crippen LogP) is 2.83. The van der Waals surface area contributed by atoms with Crippen LogP contribution in [0.5, 0.6) is 5.75 Å². The molecule has 30 heavy (non-hydrogen) atoms. The van der Waals surface area contributed by atoms with Crippen LogP contribution in [-0.4, -0.2) is 67.6 Å². The molecule has 2 amide bonds. The number of carbonyl (C=O) groups is 2. The highest BCUT2D eigenvalue weighted by atomic mass is 16.5. The second-order valence-corrected chi connectivity index (χ2v) is 9.02. The molecule has 0 radical (unpaired) electrons. The standard InChI is InChI=1S/C24H34N2O4/c1-18(27)26-15-21(17-30-22-5-3-2-4-6-22)23(16-26)19-7-11-25(12-8-19)24(28)20-9-13-29-14-10-20/h2-6,19-21,23H,7-17H2,1H3. The molecule has 4 rings (SSSR count). The zero-order valence-electron chi connectivity index (χ0n) is 18.0. The number of hydrogen-bond acceptors (Lipinski definition) is 4. The topological polar surface area (TPSA) is 59.1 Å². The van der Waals surface area contributed by atoms with Crippen LogP contribution in [0.1, 0.15) is 32.6 Å². The molecule has 3 heterocycles. The Morgan fingerprint density at radius 2 is 1.70 bits per heavy atom. The van der Waals surface area contributed by atoms with Crippen molar-refractivity contribution >= 4 is 11.8 Å². The highest BCUT2D eigenvalue weighted by Gasteiger charge is 2.41. The lowest BCUT2D eigenvalue weighted by molar-refractivity contribution is -0.140. The van der Waals surface area contributed by atoms with Crippen LogP contribution in [0.2, 0.25) is 0 Å². The minimum absolute atomic E-state index is 0.141. The molecule has 0 bridgehead atoms. The number of nitrogens with zero attached hydrogens (tertiary/aromatic N) is 2. The molecule has 0 spiro atoms. The Morgan fingerprint density at radius 3 is 2.37 bits per heavy atom. The summed E-state index contributed by atoms with van der Waals surface area (Å²) in [7, 11) is 0. The molecule has 0 aromatic heterocycles. The van der Waals surface area contributed by atoms with Gasteiger partial charge in [0.1, 0.15) is 5.75 Å². The maximum atomic E-state index is 12.8. The van der Waals surface area contributed by atoms with Gasteiger partial charge in [-0.2, -0.15) is 0 Å². The Bertz CT molecular complexity index is 711. The molecule has 2 unspecified atom stereocenters. The molecule has 3 saturated heterocycles. The first kappa shape index (κ1) is 21.2. The number of rotatable bonds is 5. The third kappa shape index (κ3) is 4.97. The van der Waals surface area contributed by atoms with Gasteiger partial charge in [0.2, 0.25) is 11.8 Å². The van der Waals surface area contributed by atoms with E-state index in [1.165, 1.54) is 0 Å². The number of amides is 2. The number of likely N-dealkylation sites (tertiary alicyclic amines) is 2. The van der Waals surface area contributed by atoms with Gasteiger partial charge in [-0.3, -0.25) is 9.59 Å². The van der Waals surface area contributed by atoms with Crippen LogP contribution in [0.25, 0.3) is 0 Å². The lowest BCUT2D eigenvalue weighted by Gasteiger charge is -2.38. The van der Waals surface area contributed by atoms with E-state index in [0.29, 0.717) is 43.5 Å². The molecule has 1 aromatic carbocycles. The summed E-state index contributed by atoms with van der Waals surface area (Å²) in [6.45, 7) is 6.97. The minimum atomic E-state index is 0.141. The summed E-state index contributed by atoms with van der Waals surface area (Å²) in [5, 5.41) is 0. The third-order valence-electron chi connectivity index (χ3n) is 7.17. The Kier molecular flexibility index (Phi) is 6.93. The van der Waals surface area contributed by atoms with Crippen molar-refractivity contribution in [3.8, 4) is 5.75 Å². The van der Waals surface area contributed by atoms with Crippen molar-refractivity contribution in [3.63, 3.8) is 0 Å². The summed E-state index contributed by atoms with van der Waals surface area (Å²) < 4.78 is 11.5. The van der Waals surface area contributed by atoms with E-state index in [1.54, 1.807) is 6.92 Å². The van der Waals surface area contributed by atoms with Crippen molar-refractivity contribution in [1.82, 2.24) is 9.80 Å².